The maximum absolute atomic E-state index is 12.5. The van der Waals surface area contributed by atoms with Crippen LogP contribution in [0.2, 0.25) is 0 Å². The summed E-state index contributed by atoms with van der Waals surface area (Å²) < 4.78 is 21.5. The lowest BCUT2D eigenvalue weighted by Crippen LogP contribution is -2.24. The number of nitrogens with zero attached hydrogens (tertiary/aromatic N) is 1. The molecule has 35 heavy (non-hydrogen) atoms. The van der Waals surface area contributed by atoms with E-state index in [-0.39, 0.29) is 18.8 Å². The molecule has 1 amide bonds. The number of benzene rings is 3. The Hall–Kier alpha value is -4.33. The Bertz CT molecular complexity index is 1250. The van der Waals surface area contributed by atoms with E-state index >= 15 is 0 Å². The second kappa shape index (κ2) is 10.3. The third-order valence-corrected chi connectivity index (χ3v) is 5.17. The van der Waals surface area contributed by atoms with E-state index in [2.05, 4.69) is 31.3 Å². The minimum absolute atomic E-state index is 0.0478. The van der Waals surface area contributed by atoms with E-state index in [4.69, 9.17) is 18.9 Å². The standard InChI is InChI=1S/C27H26N2O6/c1-27(2,3)20-8-10-21(11-9-20)32-16-25(30)29-28-15-18-5-4-6-22(13-18)35-26(31)19-7-12-23-24(14-19)34-17-33-23/h4-15H,16-17H2,1-3H3,(H,29,30)/b28-15+. The zero-order valence-corrected chi connectivity index (χ0v) is 19.7. The highest BCUT2D eigenvalue weighted by Crippen LogP contribution is 2.32. The van der Waals surface area contributed by atoms with E-state index in [0.717, 1.165) is 0 Å². The first-order chi connectivity index (χ1) is 16.8. The number of nitrogens with one attached hydrogen (secondary N) is 1. The lowest BCUT2D eigenvalue weighted by atomic mass is 9.87. The van der Waals surface area contributed by atoms with Gasteiger partial charge in [0, 0.05) is 0 Å². The highest BCUT2D eigenvalue weighted by Gasteiger charge is 2.17. The molecule has 0 saturated carbocycles. The van der Waals surface area contributed by atoms with Gasteiger partial charge in [0.15, 0.2) is 18.1 Å². The summed E-state index contributed by atoms with van der Waals surface area (Å²) in [5.41, 5.74) is 4.63. The quantitative estimate of drug-likeness (QED) is 0.235. The first-order valence-electron chi connectivity index (χ1n) is 11.0. The molecule has 8 heteroatoms. The number of amides is 1. The summed E-state index contributed by atoms with van der Waals surface area (Å²) in [7, 11) is 0. The molecule has 4 rings (SSSR count). The van der Waals surface area contributed by atoms with Crippen molar-refractivity contribution in [3.63, 3.8) is 0 Å². The Balaban J connectivity index is 1.27. The van der Waals surface area contributed by atoms with Crippen molar-refractivity contribution in [2.24, 2.45) is 5.10 Å². The fraction of sp³-hybridized carbons (Fsp3) is 0.222. The molecule has 3 aromatic rings. The van der Waals surface area contributed by atoms with Gasteiger partial charge in [0.25, 0.3) is 5.91 Å². The van der Waals surface area contributed by atoms with Crippen LogP contribution in [0.1, 0.15) is 42.3 Å². The number of carbonyl (C=O) groups excluding carboxylic acids is 2. The van der Waals surface area contributed by atoms with Crippen molar-refractivity contribution in [3.05, 3.63) is 83.4 Å². The van der Waals surface area contributed by atoms with Gasteiger partial charge in [-0.05, 0) is 59.0 Å². The third kappa shape index (κ3) is 6.38. The lowest BCUT2D eigenvalue weighted by molar-refractivity contribution is -0.123. The van der Waals surface area contributed by atoms with Gasteiger partial charge in [-0.1, -0.05) is 45.0 Å². The minimum Gasteiger partial charge on any atom is -0.484 e. The van der Waals surface area contributed by atoms with Crippen molar-refractivity contribution in [2.45, 2.75) is 26.2 Å². The molecule has 3 aromatic carbocycles. The maximum atomic E-state index is 12.5. The van der Waals surface area contributed by atoms with E-state index in [9.17, 15) is 9.59 Å². The molecular weight excluding hydrogens is 448 g/mol. The molecule has 0 aromatic heterocycles. The number of carbonyl (C=O) groups is 2. The van der Waals surface area contributed by atoms with Crippen LogP contribution in [-0.2, 0) is 10.2 Å². The molecule has 0 atom stereocenters. The van der Waals surface area contributed by atoms with Gasteiger partial charge in [-0.2, -0.15) is 5.10 Å². The molecule has 180 valence electrons. The highest BCUT2D eigenvalue weighted by atomic mass is 16.7. The molecule has 8 nitrogen and oxygen atoms in total. The SMILES string of the molecule is CC(C)(C)c1ccc(OCC(=O)N/N=C/c2cccc(OC(=O)c3ccc4c(c3)OCO4)c2)cc1. The monoisotopic (exact) mass is 474 g/mol. The number of rotatable bonds is 7. The summed E-state index contributed by atoms with van der Waals surface area (Å²) >= 11 is 0. The number of ether oxygens (including phenoxy) is 4. The van der Waals surface area contributed by atoms with Crippen molar-refractivity contribution in [3.8, 4) is 23.0 Å². The molecule has 1 heterocycles. The highest BCUT2D eigenvalue weighted by molar-refractivity contribution is 5.92. The number of fused-ring (bicyclic) bond motifs is 1. The first kappa shape index (κ1) is 23.8. The largest absolute Gasteiger partial charge is 0.484 e. The fourth-order valence-electron chi connectivity index (χ4n) is 3.26. The van der Waals surface area contributed by atoms with Crippen LogP contribution in [0.15, 0.2) is 71.8 Å². The van der Waals surface area contributed by atoms with Crippen molar-refractivity contribution < 1.29 is 28.5 Å². The minimum atomic E-state index is -0.529. The second-order valence-corrected chi connectivity index (χ2v) is 8.89. The van der Waals surface area contributed by atoms with E-state index < -0.39 is 11.9 Å². The summed E-state index contributed by atoms with van der Waals surface area (Å²) in [6.07, 6.45) is 1.45. The van der Waals surface area contributed by atoms with Gasteiger partial charge >= 0.3 is 5.97 Å². The number of hydrogen-bond donors (Lipinski definition) is 1. The van der Waals surface area contributed by atoms with Crippen LogP contribution < -0.4 is 24.4 Å². The van der Waals surface area contributed by atoms with Gasteiger partial charge in [0.2, 0.25) is 6.79 Å². The molecule has 0 bridgehead atoms. The number of hydrogen-bond acceptors (Lipinski definition) is 7. The Kier molecular flexibility index (Phi) is 7.01. The predicted octanol–water partition coefficient (Wildman–Crippen LogP) is 4.46. The van der Waals surface area contributed by atoms with Gasteiger partial charge in [0.1, 0.15) is 11.5 Å². The van der Waals surface area contributed by atoms with Crippen LogP contribution in [0.25, 0.3) is 0 Å². The zero-order valence-electron chi connectivity index (χ0n) is 19.7. The van der Waals surface area contributed by atoms with Gasteiger partial charge in [0.05, 0.1) is 11.8 Å². The van der Waals surface area contributed by atoms with Crippen LogP contribution in [0, 0.1) is 0 Å². The van der Waals surface area contributed by atoms with Gasteiger partial charge in [-0.3, -0.25) is 4.79 Å². The summed E-state index contributed by atoms with van der Waals surface area (Å²) in [5.74, 6) is 1.11. The van der Waals surface area contributed by atoms with E-state index in [1.54, 1.807) is 42.5 Å². The Morgan fingerprint density at radius 3 is 2.51 bits per heavy atom. The smallest absolute Gasteiger partial charge is 0.343 e. The number of hydrazone groups is 1. The van der Waals surface area contributed by atoms with Crippen LogP contribution in [0.5, 0.6) is 23.0 Å². The summed E-state index contributed by atoms with van der Waals surface area (Å²) in [5, 5.41) is 3.94. The second-order valence-electron chi connectivity index (χ2n) is 8.89. The van der Waals surface area contributed by atoms with Crippen molar-refractivity contribution >= 4 is 18.1 Å². The molecule has 0 spiro atoms. The van der Waals surface area contributed by atoms with Gasteiger partial charge in [-0.15, -0.1) is 0 Å². The molecule has 0 radical (unpaired) electrons. The first-order valence-corrected chi connectivity index (χ1v) is 11.0. The molecule has 1 aliphatic heterocycles. The number of esters is 1. The van der Waals surface area contributed by atoms with Crippen molar-refractivity contribution in [1.82, 2.24) is 5.43 Å². The maximum Gasteiger partial charge on any atom is 0.343 e. The van der Waals surface area contributed by atoms with Crippen LogP contribution in [0.4, 0.5) is 0 Å². The van der Waals surface area contributed by atoms with Crippen molar-refractivity contribution in [1.29, 1.82) is 0 Å². The predicted molar refractivity (Wildman–Crippen MR) is 130 cm³/mol. The van der Waals surface area contributed by atoms with Crippen LogP contribution in [0.3, 0.4) is 0 Å². The Morgan fingerprint density at radius 1 is 0.971 bits per heavy atom. The van der Waals surface area contributed by atoms with Gasteiger partial charge < -0.3 is 18.9 Å². The summed E-state index contributed by atoms with van der Waals surface area (Å²) in [6.45, 7) is 6.36. The average Bonchev–Trinajstić information content (AvgIpc) is 3.31. The average molecular weight is 475 g/mol. The Labute approximate surface area is 203 Å². The van der Waals surface area contributed by atoms with E-state index in [1.807, 2.05) is 24.3 Å². The molecule has 0 unspecified atom stereocenters. The van der Waals surface area contributed by atoms with E-state index in [0.29, 0.717) is 34.1 Å². The van der Waals surface area contributed by atoms with Gasteiger partial charge in [-0.25, -0.2) is 10.2 Å². The zero-order chi connectivity index (χ0) is 24.8. The molecule has 0 saturated heterocycles. The summed E-state index contributed by atoms with van der Waals surface area (Å²) in [4.78, 5) is 24.5. The summed E-state index contributed by atoms with van der Waals surface area (Å²) in [6, 6.07) is 19.3. The van der Waals surface area contributed by atoms with E-state index in [1.165, 1.54) is 11.8 Å². The molecular formula is C27H26N2O6. The molecule has 1 N–H and O–H groups in total. The topological polar surface area (TPSA) is 95.5 Å². The fourth-order valence-corrected chi connectivity index (χ4v) is 3.26. The van der Waals surface area contributed by atoms with Crippen molar-refractivity contribution in [2.75, 3.05) is 13.4 Å². The molecule has 1 aliphatic rings. The molecule has 0 aliphatic carbocycles. The Morgan fingerprint density at radius 2 is 1.74 bits per heavy atom. The molecule has 0 fully saturated rings. The third-order valence-electron chi connectivity index (χ3n) is 5.17. The normalized spacial score (nSPS) is 12.4. The van der Waals surface area contributed by atoms with Crippen LogP contribution in [-0.4, -0.2) is 31.5 Å². The lowest BCUT2D eigenvalue weighted by Gasteiger charge is -2.19. The van der Waals surface area contributed by atoms with Crippen LogP contribution >= 0.6 is 0 Å².